The van der Waals surface area contributed by atoms with E-state index in [0.29, 0.717) is 6.04 Å². The molecule has 1 aromatic carbocycles. The second kappa shape index (κ2) is 9.57. The van der Waals surface area contributed by atoms with Crippen LogP contribution in [0.25, 0.3) is 0 Å². The lowest BCUT2D eigenvalue weighted by Crippen LogP contribution is -2.46. The predicted molar refractivity (Wildman–Crippen MR) is 87.3 cm³/mol. The molecule has 1 atom stereocenters. The molecule has 0 saturated carbocycles. The SMILES string of the molecule is COCCNCC1CCCCN1CC#Cc1ccccc1. The first-order valence-electron chi connectivity index (χ1n) is 7.88. The third kappa shape index (κ3) is 5.89. The van der Waals surface area contributed by atoms with Gasteiger partial charge in [-0.25, -0.2) is 0 Å². The Bertz CT molecular complexity index is 449. The predicted octanol–water partition coefficient (Wildman–Crippen LogP) is 2.13. The fourth-order valence-electron chi connectivity index (χ4n) is 2.71. The fourth-order valence-corrected chi connectivity index (χ4v) is 2.71. The molecular weight excluding hydrogens is 260 g/mol. The van der Waals surface area contributed by atoms with Crippen LogP contribution in [-0.4, -0.2) is 50.8 Å². The van der Waals surface area contributed by atoms with E-state index in [1.807, 2.05) is 18.2 Å². The number of hydrogen-bond donors (Lipinski definition) is 1. The van der Waals surface area contributed by atoms with E-state index in [9.17, 15) is 0 Å². The first-order chi connectivity index (χ1) is 10.4. The number of benzene rings is 1. The standard InChI is InChI=1S/C18H26N2O/c1-21-15-12-19-16-18-11-5-6-13-20(18)14-7-10-17-8-3-2-4-9-17/h2-4,8-9,18-19H,5-6,11-16H2,1H3. The molecule has 1 unspecified atom stereocenters. The third-order valence-corrected chi connectivity index (χ3v) is 3.90. The molecule has 0 aliphatic carbocycles. The summed E-state index contributed by atoms with van der Waals surface area (Å²) in [5, 5.41) is 3.48. The van der Waals surface area contributed by atoms with Crippen LogP contribution in [0, 0.1) is 11.8 Å². The topological polar surface area (TPSA) is 24.5 Å². The normalized spacial score (nSPS) is 19.0. The maximum absolute atomic E-state index is 5.07. The van der Waals surface area contributed by atoms with Crippen molar-refractivity contribution in [3.63, 3.8) is 0 Å². The number of nitrogens with one attached hydrogen (secondary N) is 1. The van der Waals surface area contributed by atoms with Gasteiger partial charge in [0, 0.05) is 31.8 Å². The van der Waals surface area contributed by atoms with Crippen molar-refractivity contribution in [1.29, 1.82) is 0 Å². The zero-order valence-electron chi connectivity index (χ0n) is 13.0. The Kier molecular flexibility index (Phi) is 7.31. The lowest BCUT2D eigenvalue weighted by atomic mass is 10.0. The molecule has 1 aliphatic rings. The Morgan fingerprint density at radius 1 is 1.29 bits per heavy atom. The summed E-state index contributed by atoms with van der Waals surface area (Å²) >= 11 is 0. The van der Waals surface area contributed by atoms with Crippen molar-refractivity contribution in [2.75, 3.05) is 39.9 Å². The summed E-state index contributed by atoms with van der Waals surface area (Å²) in [6, 6.07) is 10.8. The van der Waals surface area contributed by atoms with E-state index in [2.05, 4.69) is 34.2 Å². The average Bonchev–Trinajstić information content (AvgIpc) is 2.54. The second-order valence-corrected chi connectivity index (χ2v) is 5.48. The van der Waals surface area contributed by atoms with Gasteiger partial charge in [-0.05, 0) is 31.5 Å². The van der Waals surface area contributed by atoms with Crippen LogP contribution in [-0.2, 0) is 4.74 Å². The lowest BCUT2D eigenvalue weighted by Gasteiger charge is -2.34. The number of rotatable bonds is 6. The van der Waals surface area contributed by atoms with Gasteiger partial charge in [-0.3, -0.25) is 4.90 Å². The van der Waals surface area contributed by atoms with Gasteiger partial charge in [0.25, 0.3) is 0 Å². The number of piperidine rings is 1. The zero-order chi connectivity index (χ0) is 14.8. The molecule has 1 N–H and O–H groups in total. The van der Waals surface area contributed by atoms with Crippen molar-refractivity contribution in [2.24, 2.45) is 0 Å². The van der Waals surface area contributed by atoms with Crippen LogP contribution in [0.4, 0.5) is 0 Å². The molecule has 0 bridgehead atoms. The summed E-state index contributed by atoms with van der Waals surface area (Å²) in [7, 11) is 1.74. The Morgan fingerprint density at radius 2 is 2.14 bits per heavy atom. The zero-order valence-corrected chi connectivity index (χ0v) is 13.0. The summed E-state index contributed by atoms with van der Waals surface area (Å²) in [6.45, 7) is 4.78. The van der Waals surface area contributed by atoms with Gasteiger partial charge in [0.2, 0.25) is 0 Å². The van der Waals surface area contributed by atoms with Gasteiger partial charge in [0.1, 0.15) is 0 Å². The molecule has 0 aromatic heterocycles. The van der Waals surface area contributed by atoms with Crippen LogP contribution >= 0.6 is 0 Å². The van der Waals surface area contributed by atoms with E-state index in [1.165, 1.54) is 25.8 Å². The molecule has 114 valence electrons. The monoisotopic (exact) mass is 286 g/mol. The minimum atomic E-state index is 0.612. The number of ether oxygens (including phenoxy) is 1. The Hall–Kier alpha value is -1.34. The molecule has 1 aliphatic heterocycles. The molecule has 2 rings (SSSR count). The van der Waals surface area contributed by atoms with Crippen molar-refractivity contribution < 1.29 is 4.74 Å². The van der Waals surface area contributed by atoms with Crippen LogP contribution in [0.15, 0.2) is 30.3 Å². The smallest absolute Gasteiger partial charge is 0.0608 e. The molecular formula is C18H26N2O. The van der Waals surface area contributed by atoms with Gasteiger partial charge in [0.05, 0.1) is 13.2 Å². The molecule has 1 fully saturated rings. The Balaban J connectivity index is 1.80. The van der Waals surface area contributed by atoms with Crippen LogP contribution in [0.2, 0.25) is 0 Å². The van der Waals surface area contributed by atoms with Gasteiger partial charge < -0.3 is 10.1 Å². The molecule has 3 nitrogen and oxygen atoms in total. The highest BCUT2D eigenvalue weighted by Gasteiger charge is 2.20. The Morgan fingerprint density at radius 3 is 2.95 bits per heavy atom. The molecule has 1 saturated heterocycles. The molecule has 1 heterocycles. The number of methoxy groups -OCH3 is 1. The minimum absolute atomic E-state index is 0.612. The number of hydrogen-bond acceptors (Lipinski definition) is 3. The minimum Gasteiger partial charge on any atom is -0.383 e. The van der Waals surface area contributed by atoms with Crippen molar-refractivity contribution in [1.82, 2.24) is 10.2 Å². The van der Waals surface area contributed by atoms with Crippen molar-refractivity contribution in [3.8, 4) is 11.8 Å². The largest absolute Gasteiger partial charge is 0.383 e. The van der Waals surface area contributed by atoms with Crippen molar-refractivity contribution in [3.05, 3.63) is 35.9 Å². The lowest BCUT2D eigenvalue weighted by molar-refractivity contribution is 0.156. The average molecular weight is 286 g/mol. The number of likely N-dealkylation sites (tertiary alicyclic amines) is 1. The quantitative estimate of drug-likeness (QED) is 0.640. The first-order valence-corrected chi connectivity index (χ1v) is 7.88. The van der Waals surface area contributed by atoms with Gasteiger partial charge >= 0.3 is 0 Å². The summed E-state index contributed by atoms with van der Waals surface area (Å²) in [5.74, 6) is 6.58. The molecule has 3 heteroatoms. The van der Waals surface area contributed by atoms with E-state index in [4.69, 9.17) is 4.74 Å². The van der Waals surface area contributed by atoms with E-state index in [0.717, 1.165) is 31.8 Å². The van der Waals surface area contributed by atoms with Crippen LogP contribution in [0.5, 0.6) is 0 Å². The second-order valence-electron chi connectivity index (χ2n) is 5.48. The highest BCUT2D eigenvalue weighted by Crippen LogP contribution is 2.15. The summed E-state index contributed by atoms with van der Waals surface area (Å²) in [5.41, 5.74) is 1.10. The highest BCUT2D eigenvalue weighted by molar-refractivity contribution is 5.33. The van der Waals surface area contributed by atoms with Crippen molar-refractivity contribution >= 4 is 0 Å². The van der Waals surface area contributed by atoms with Crippen LogP contribution < -0.4 is 5.32 Å². The molecule has 0 amide bonds. The fraction of sp³-hybridized carbons (Fsp3) is 0.556. The summed E-state index contributed by atoms with van der Waals surface area (Å²) in [6.07, 6.45) is 3.90. The molecule has 21 heavy (non-hydrogen) atoms. The van der Waals surface area contributed by atoms with Gasteiger partial charge in [-0.1, -0.05) is 36.5 Å². The first kappa shape index (κ1) is 16.0. The van der Waals surface area contributed by atoms with Crippen molar-refractivity contribution in [2.45, 2.75) is 25.3 Å². The van der Waals surface area contributed by atoms with E-state index in [1.54, 1.807) is 7.11 Å². The maximum atomic E-state index is 5.07. The molecule has 0 spiro atoms. The summed E-state index contributed by atoms with van der Waals surface area (Å²) in [4.78, 5) is 2.51. The summed E-state index contributed by atoms with van der Waals surface area (Å²) < 4.78 is 5.07. The van der Waals surface area contributed by atoms with Crippen LogP contribution in [0.3, 0.4) is 0 Å². The third-order valence-electron chi connectivity index (χ3n) is 3.90. The maximum Gasteiger partial charge on any atom is 0.0608 e. The number of nitrogens with zero attached hydrogens (tertiary/aromatic N) is 1. The van der Waals surface area contributed by atoms with Gasteiger partial charge in [0.15, 0.2) is 0 Å². The van der Waals surface area contributed by atoms with E-state index in [-0.39, 0.29) is 0 Å². The van der Waals surface area contributed by atoms with E-state index >= 15 is 0 Å². The van der Waals surface area contributed by atoms with Gasteiger partial charge in [-0.15, -0.1) is 0 Å². The van der Waals surface area contributed by atoms with Gasteiger partial charge in [-0.2, -0.15) is 0 Å². The van der Waals surface area contributed by atoms with E-state index < -0.39 is 0 Å². The highest BCUT2D eigenvalue weighted by atomic mass is 16.5. The van der Waals surface area contributed by atoms with Crippen LogP contribution in [0.1, 0.15) is 24.8 Å². The molecule has 1 aromatic rings. The Labute approximate surface area is 128 Å². The molecule has 0 radical (unpaired) electrons.